The Bertz CT molecular complexity index is 904. The predicted molar refractivity (Wildman–Crippen MR) is 118 cm³/mol. The van der Waals surface area contributed by atoms with Gasteiger partial charge >= 0.3 is 11.9 Å². The summed E-state index contributed by atoms with van der Waals surface area (Å²) in [4.78, 5) is 32.3. The first-order valence-electron chi connectivity index (χ1n) is 9.86. The molecular weight excluding hydrogens is 460 g/mol. The average Bonchev–Trinajstić information content (AvgIpc) is 2.77. The standard InChI is InChI=1S/C17H28N4O5S.C2H2O4/c1-20(2)7-6-18-13-17(22)19-14-4-5-15(25-3)16(12-14)27(23,24)21-8-10-26-11-9-21;3-1(4)2(5)6/h4-5,12,18H,6-11,13H2,1-3H3,(H,19,22);(H,3,4)(H,5,6). The van der Waals surface area contributed by atoms with Gasteiger partial charge in [-0.2, -0.15) is 4.31 Å². The van der Waals surface area contributed by atoms with E-state index in [1.165, 1.54) is 17.5 Å². The van der Waals surface area contributed by atoms with E-state index in [9.17, 15) is 13.2 Å². The van der Waals surface area contributed by atoms with Crippen LogP contribution in [0.25, 0.3) is 0 Å². The topological polar surface area (TPSA) is 175 Å². The zero-order valence-electron chi connectivity index (χ0n) is 18.7. The van der Waals surface area contributed by atoms with Crippen LogP contribution in [-0.4, -0.2) is 113 Å². The van der Waals surface area contributed by atoms with Crippen molar-refractivity contribution in [3.63, 3.8) is 0 Å². The lowest BCUT2D eigenvalue weighted by Crippen LogP contribution is -2.40. The van der Waals surface area contributed by atoms with Crippen molar-refractivity contribution in [1.29, 1.82) is 0 Å². The van der Waals surface area contributed by atoms with Gasteiger partial charge in [-0.25, -0.2) is 18.0 Å². The Morgan fingerprint density at radius 1 is 1.15 bits per heavy atom. The molecule has 13 nitrogen and oxygen atoms in total. The van der Waals surface area contributed by atoms with Crippen molar-refractivity contribution in [2.45, 2.75) is 4.90 Å². The third-order valence-corrected chi connectivity index (χ3v) is 6.16. The minimum Gasteiger partial charge on any atom is -0.495 e. The number of carbonyl (C=O) groups is 3. The molecule has 0 radical (unpaired) electrons. The fraction of sp³-hybridized carbons (Fsp3) is 0.526. The molecule has 4 N–H and O–H groups in total. The van der Waals surface area contributed by atoms with Gasteiger partial charge in [0, 0.05) is 31.9 Å². The van der Waals surface area contributed by atoms with E-state index in [1.54, 1.807) is 12.1 Å². The quantitative estimate of drug-likeness (QED) is 0.246. The van der Waals surface area contributed by atoms with Crippen molar-refractivity contribution < 1.29 is 42.5 Å². The second-order valence-corrected chi connectivity index (χ2v) is 8.93. The average molecular weight is 491 g/mol. The lowest BCUT2D eigenvalue weighted by atomic mass is 10.3. The van der Waals surface area contributed by atoms with Crippen LogP contribution in [0.2, 0.25) is 0 Å². The number of hydrogen-bond acceptors (Lipinski definition) is 9. The molecule has 1 amide bonds. The highest BCUT2D eigenvalue weighted by molar-refractivity contribution is 7.89. The van der Waals surface area contributed by atoms with Gasteiger partial charge < -0.3 is 35.2 Å². The first-order chi connectivity index (χ1) is 15.5. The Kier molecular flexibility index (Phi) is 11.7. The van der Waals surface area contributed by atoms with Gasteiger partial charge in [0.1, 0.15) is 10.6 Å². The van der Waals surface area contributed by atoms with E-state index in [0.717, 1.165) is 6.54 Å². The molecule has 0 unspecified atom stereocenters. The third kappa shape index (κ3) is 9.71. The Morgan fingerprint density at radius 3 is 2.27 bits per heavy atom. The second-order valence-electron chi connectivity index (χ2n) is 7.02. The van der Waals surface area contributed by atoms with Crippen LogP contribution in [-0.2, 0) is 29.1 Å². The summed E-state index contributed by atoms with van der Waals surface area (Å²) in [6.45, 7) is 2.94. The maximum atomic E-state index is 12.9. The number of amides is 1. The summed E-state index contributed by atoms with van der Waals surface area (Å²) in [7, 11) is 1.59. The largest absolute Gasteiger partial charge is 0.495 e. The summed E-state index contributed by atoms with van der Waals surface area (Å²) in [6, 6.07) is 4.60. The molecular formula is C19H30N4O9S. The van der Waals surface area contributed by atoms with E-state index in [1.807, 2.05) is 19.0 Å². The Labute approximate surface area is 192 Å². The fourth-order valence-electron chi connectivity index (χ4n) is 2.59. The minimum atomic E-state index is -3.74. The number of carboxylic acids is 2. The minimum absolute atomic E-state index is 0.0327. The molecule has 0 atom stereocenters. The van der Waals surface area contributed by atoms with E-state index in [-0.39, 0.29) is 36.2 Å². The summed E-state index contributed by atoms with van der Waals surface area (Å²) in [5.74, 6) is -3.65. The smallest absolute Gasteiger partial charge is 0.414 e. The van der Waals surface area contributed by atoms with Gasteiger partial charge in [0.2, 0.25) is 15.9 Å². The normalized spacial score (nSPS) is 14.2. The van der Waals surface area contributed by atoms with Gasteiger partial charge in [-0.1, -0.05) is 0 Å². The van der Waals surface area contributed by atoms with Gasteiger partial charge in [-0.15, -0.1) is 0 Å². The van der Waals surface area contributed by atoms with Gasteiger partial charge in [0.25, 0.3) is 0 Å². The van der Waals surface area contributed by atoms with Crippen molar-refractivity contribution in [3.05, 3.63) is 18.2 Å². The molecule has 1 fully saturated rings. The van der Waals surface area contributed by atoms with Crippen molar-refractivity contribution >= 4 is 33.6 Å². The van der Waals surface area contributed by atoms with Gasteiger partial charge in [-0.3, -0.25) is 4.79 Å². The molecule has 2 rings (SSSR count). The highest BCUT2D eigenvalue weighted by Gasteiger charge is 2.29. The number of ether oxygens (including phenoxy) is 2. The lowest BCUT2D eigenvalue weighted by Gasteiger charge is -2.26. The summed E-state index contributed by atoms with van der Waals surface area (Å²) < 4.78 is 37.7. The van der Waals surface area contributed by atoms with Crippen LogP contribution >= 0.6 is 0 Å². The number of sulfonamides is 1. The monoisotopic (exact) mass is 490 g/mol. The number of carbonyl (C=O) groups excluding carboxylic acids is 1. The lowest BCUT2D eigenvalue weighted by molar-refractivity contribution is -0.159. The first kappa shape index (κ1) is 28.3. The molecule has 14 heteroatoms. The fourth-order valence-corrected chi connectivity index (χ4v) is 4.18. The maximum Gasteiger partial charge on any atom is 0.414 e. The van der Waals surface area contributed by atoms with Gasteiger partial charge in [-0.05, 0) is 32.3 Å². The number of anilines is 1. The van der Waals surface area contributed by atoms with Gasteiger partial charge in [0.05, 0.1) is 26.9 Å². The highest BCUT2D eigenvalue weighted by atomic mass is 32.2. The van der Waals surface area contributed by atoms with Crippen LogP contribution in [0.5, 0.6) is 5.75 Å². The van der Waals surface area contributed by atoms with Crippen LogP contribution in [0, 0.1) is 0 Å². The molecule has 0 bridgehead atoms. The zero-order chi connectivity index (χ0) is 25.0. The molecule has 1 aliphatic heterocycles. The molecule has 0 aromatic heterocycles. The van der Waals surface area contributed by atoms with Crippen molar-refractivity contribution in [2.24, 2.45) is 0 Å². The van der Waals surface area contributed by atoms with Crippen LogP contribution in [0.15, 0.2) is 23.1 Å². The summed E-state index contributed by atoms with van der Waals surface area (Å²) in [6.07, 6.45) is 0. The van der Waals surface area contributed by atoms with E-state index >= 15 is 0 Å². The summed E-state index contributed by atoms with van der Waals surface area (Å²) in [5, 5.41) is 20.5. The summed E-state index contributed by atoms with van der Waals surface area (Å²) >= 11 is 0. The molecule has 1 saturated heterocycles. The van der Waals surface area contributed by atoms with E-state index in [2.05, 4.69) is 10.6 Å². The number of likely N-dealkylation sites (N-methyl/N-ethyl adjacent to an activating group) is 1. The molecule has 1 heterocycles. The zero-order valence-corrected chi connectivity index (χ0v) is 19.6. The number of benzene rings is 1. The molecule has 33 heavy (non-hydrogen) atoms. The number of morpholine rings is 1. The molecule has 0 saturated carbocycles. The number of carboxylic acid groups (broad SMARTS) is 2. The predicted octanol–water partition coefficient (Wildman–Crippen LogP) is -1.04. The molecule has 1 aromatic rings. The second kappa shape index (κ2) is 13.7. The highest BCUT2D eigenvalue weighted by Crippen LogP contribution is 2.30. The molecule has 1 aromatic carbocycles. The number of hydrogen-bond donors (Lipinski definition) is 4. The molecule has 186 valence electrons. The van der Waals surface area contributed by atoms with Crippen molar-refractivity contribution in [3.8, 4) is 5.75 Å². The SMILES string of the molecule is COc1ccc(NC(=O)CNCCN(C)C)cc1S(=O)(=O)N1CCOCC1.O=C(O)C(=O)O. The van der Waals surface area contributed by atoms with E-state index < -0.39 is 22.0 Å². The van der Waals surface area contributed by atoms with Crippen LogP contribution in [0.3, 0.4) is 0 Å². The molecule has 0 aliphatic carbocycles. The van der Waals surface area contributed by atoms with E-state index in [0.29, 0.717) is 25.4 Å². The van der Waals surface area contributed by atoms with Crippen molar-refractivity contribution in [1.82, 2.24) is 14.5 Å². The number of aliphatic carboxylic acids is 2. The molecule has 0 spiro atoms. The number of methoxy groups -OCH3 is 1. The van der Waals surface area contributed by atoms with Crippen LogP contribution < -0.4 is 15.4 Å². The maximum absolute atomic E-state index is 12.9. The Hall–Kier alpha value is -2.78. The number of rotatable bonds is 9. The van der Waals surface area contributed by atoms with Gasteiger partial charge in [0.15, 0.2) is 0 Å². The Balaban J connectivity index is 0.000000801. The van der Waals surface area contributed by atoms with E-state index in [4.69, 9.17) is 29.3 Å². The summed E-state index contributed by atoms with van der Waals surface area (Å²) in [5.41, 5.74) is 0.405. The molecule has 1 aliphatic rings. The van der Waals surface area contributed by atoms with Crippen LogP contribution in [0.1, 0.15) is 0 Å². The number of nitrogens with zero attached hydrogens (tertiary/aromatic N) is 2. The Morgan fingerprint density at radius 2 is 1.76 bits per heavy atom. The first-order valence-corrected chi connectivity index (χ1v) is 11.3. The number of nitrogens with one attached hydrogen (secondary N) is 2. The van der Waals surface area contributed by atoms with Crippen LogP contribution in [0.4, 0.5) is 5.69 Å². The third-order valence-electron chi connectivity index (χ3n) is 4.24. The van der Waals surface area contributed by atoms with Crippen molar-refractivity contribution in [2.75, 3.05) is 72.5 Å².